The van der Waals surface area contributed by atoms with Crippen LogP contribution in [0.25, 0.3) is 0 Å². The van der Waals surface area contributed by atoms with Crippen molar-refractivity contribution in [1.29, 1.82) is 0 Å². The Balaban J connectivity index is 2.52. The minimum atomic E-state index is -0.439. The molecule has 0 aromatic heterocycles. The van der Waals surface area contributed by atoms with E-state index in [1.807, 2.05) is 26.8 Å². The van der Waals surface area contributed by atoms with Crippen molar-refractivity contribution in [3.8, 4) is 5.75 Å². The lowest BCUT2D eigenvalue weighted by Crippen LogP contribution is -2.27. The average molecular weight is 237 g/mol. The van der Waals surface area contributed by atoms with Crippen molar-refractivity contribution in [3.05, 3.63) is 28.8 Å². The molecule has 0 heterocycles. The van der Waals surface area contributed by atoms with Crippen LogP contribution in [0.1, 0.15) is 16.7 Å². The van der Waals surface area contributed by atoms with Crippen LogP contribution in [0.4, 0.5) is 4.79 Å². The normalized spacial score (nSPS) is 9.88. The number of benzene rings is 1. The second-order valence-corrected chi connectivity index (χ2v) is 3.92. The molecule has 0 unspecified atom stereocenters. The average Bonchev–Trinajstić information content (AvgIpc) is 2.32. The molecule has 1 aromatic carbocycles. The molecular formula is C13H19NO3. The number of alkyl carbamates (subject to hydrolysis) is 1. The third-order valence-corrected chi connectivity index (χ3v) is 2.68. The summed E-state index contributed by atoms with van der Waals surface area (Å²) in [7, 11) is 1.34. The second-order valence-electron chi connectivity index (χ2n) is 3.92. The SMILES string of the molecule is COC(=O)NCCOc1c(C)ccc(C)c1C. The van der Waals surface area contributed by atoms with E-state index in [0.29, 0.717) is 13.2 Å². The summed E-state index contributed by atoms with van der Waals surface area (Å²) in [6.45, 7) is 6.95. The molecule has 4 nitrogen and oxygen atoms in total. The monoisotopic (exact) mass is 237 g/mol. The van der Waals surface area contributed by atoms with Crippen molar-refractivity contribution >= 4 is 6.09 Å². The molecule has 0 aliphatic rings. The molecule has 0 fully saturated rings. The van der Waals surface area contributed by atoms with Gasteiger partial charge in [-0.05, 0) is 37.5 Å². The summed E-state index contributed by atoms with van der Waals surface area (Å²) in [5, 5.41) is 2.57. The zero-order chi connectivity index (χ0) is 12.8. The van der Waals surface area contributed by atoms with Gasteiger partial charge in [-0.25, -0.2) is 4.79 Å². The van der Waals surface area contributed by atoms with Crippen LogP contribution in [0.5, 0.6) is 5.75 Å². The van der Waals surface area contributed by atoms with Gasteiger partial charge in [0.15, 0.2) is 0 Å². The van der Waals surface area contributed by atoms with Crippen molar-refractivity contribution in [2.45, 2.75) is 20.8 Å². The highest BCUT2D eigenvalue weighted by molar-refractivity contribution is 5.66. The van der Waals surface area contributed by atoms with Crippen molar-refractivity contribution < 1.29 is 14.3 Å². The van der Waals surface area contributed by atoms with Crippen LogP contribution in [-0.2, 0) is 4.74 Å². The van der Waals surface area contributed by atoms with E-state index in [9.17, 15) is 4.79 Å². The number of nitrogens with one attached hydrogen (secondary N) is 1. The van der Waals surface area contributed by atoms with Crippen LogP contribution in [0, 0.1) is 20.8 Å². The number of carbonyl (C=O) groups is 1. The van der Waals surface area contributed by atoms with Crippen molar-refractivity contribution in [1.82, 2.24) is 5.32 Å². The molecule has 0 saturated carbocycles. The Labute approximate surface area is 102 Å². The van der Waals surface area contributed by atoms with Crippen molar-refractivity contribution in [2.24, 2.45) is 0 Å². The Morgan fingerprint density at radius 2 is 1.88 bits per heavy atom. The molecule has 0 spiro atoms. The Hall–Kier alpha value is -1.71. The van der Waals surface area contributed by atoms with E-state index in [1.54, 1.807) is 0 Å². The zero-order valence-electron chi connectivity index (χ0n) is 10.8. The Morgan fingerprint density at radius 1 is 1.24 bits per heavy atom. The summed E-state index contributed by atoms with van der Waals surface area (Å²) in [4.78, 5) is 10.8. The number of methoxy groups -OCH3 is 1. The molecule has 17 heavy (non-hydrogen) atoms. The lowest BCUT2D eigenvalue weighted by atomic mass is 10.1. The molecule has 0 saturated heterocycles. The van der Waals surface area contributed by atoms with Gasteiger partial charge >= 0.3 is 6.09 Å². The number of aryl methyl sites for hydroxylation is 2. The fourth-order valence-corrected chi connectivity index (χ4v) is 1.53. The Morgan fingerprint density at radius 3 is 2.53 bits per heavy atom. The van der Waals surface area contributed by atoms with E-state index in [0.717, 1.165) is 16.9 Å². The zero-order valence-corrected chi connectivity index (χ0v) is 10.8. The van der Waals surface area contributed by atoms with Gasteiger partial charge in [-0.3, -0.25) is 0 Å². The smallest absolute Gasteiger partial charge is 0.406 e. The van der Waals surface area contributed by atoms with Crippen LogP contribution >= 0.6 is 0 Å². The minimum Gasteiger partial charge on any atom is -0.491 e. The van der Waals surface area contributed by atoms with E-state index in [-0.39, 0.29) is 0 Å². The third-order valence-electron chi connectivity index (χ3n) is 2.68. The first-order valence-corrected chi connectivity index (χ1v) is 5.57. The maximum absolute atomic E-state index is 10.8. The lowest BCUT2D eigenvalue weighted by Gasteiger charge is -2.14. The fraction of sp³-hybridized carbons (Fsp3) is 0.462. The van der Waals surface area contributed by atoms with E-state index >= 15 is 0 Å². The molecule has 94 valence electrons. The van der Waals surface area contributed by atoms with Gasteiger partial charge in [0.05, 0.1) is 13.7 Å². The van der Waals surface area contributed by atoms with Gasteiger partial charge in [-0.1, -0.05) is 12.1 Å². The van der Waals surface area contributed by atoms with Gasteiger partial charge in [-0.15, -0.1) is 0 Å². The van der Waals surface area contributed by atoms with Gasteiger partial charge in [0, 0.05) is 0 Å². The quantitative estimate of drug-likeness (QED) is 0.818. The highest BCUT2D eigenvalue weighted by Crippen LogP contribution is 2.25. The maximum Gasteiger partial charge on any atom is 0.406 e. The van der Waals surface area contributed by atoms with Crippen LogP contribution in [0.3, 0.4) is 0 Å². The third kappa shape index (κ3) is 3.66. The second kappa shape index (κ2) is 6.13. The molecule has 4 heteroatoms. The summed E-state index contributed by atoms with van der Waals surface area (Å²) in [5.41, 5.74) is 3.45. The van der Waals surface area contributed by atoms with Gasteiger partial charge in [0.2, 0.25) is 0 Å². The summed E-state index contributed by atoms with van der Waals surface area (Å²) < 4.78 is 10.1. The van der Waals surface area contributed by atoms with Gasteiger partial charge in [0.1, 0.15) is 12.4 Å². The minimum absolute atomic E-state index is 0.430. The summed E-state index contributed by atoms with van der Waals surface area (Å²) >= 11 is 0. The molecule has 1 N–H and O–H groups in total. The Bertz CT molecular complexity index is 402. The fourth-order valence-electron chi connectivity index (χ4n) is 1.53. The predicted molar refractivity (Wildman–Crippen MR) is 66.6 cm³/mol. The molecule has 0 bridgehead atoms. The van der Waals surface area contributed by atoms with Crippen LogP contribution in [0.2, 0.25) is 0 Å². The lowest BCUT2D eigenvalue weighted by molar-refractivity contribution is 0.168. The molecule has 0 radical (unpaired) electrons. The number of rotatable bonds is 4. The maximum atomic E-state index is 10.8. The van der Waals surface area contributed by atoms with Gasteiger partial charge in [-0.2, -0.15) is 0 Å². The number of amides is 1. The first-order chi connectivity index (χ1) is 8.06. The largest absolute Gasteiger partial charge is 0.491 e. The molecule has 0 aliphatic carbocycles. The highest BCUT2D eigenvalue weighted by atomic mass is 16.5. The number of hydrogen-bond acceptors (Lipinski definition) is 3. The predicted octanol–water partition coefficient (Wildman–Crippen LogP) is 2.35. The molecular weight excluding hydrogens is 218 g/mol. The van der Waals surface area contributed by atoms with E-state index in [1.165, 1.54) is 12.7 Å². The van der Waals surface area contributed by atoms with E-state index in [2.05, 4.69) is 16.1 Å². The summed E-state index contributed by atoms with van der Waals surface area (Å²) in [5.74, 6) is 0.900. The summed E-state index contributed by atoms with van der Waals surface area (Å²) in [6.07, 6.45) is -0.439. The highest BCUT2D eigenvalue weighted by Gasteiger charge is 2.06. The topological polar surface area (TPSA) is 47.6 Å². The Kier molecular flexibility index (Phi) is 4.82. The first-order valence-electron chi connectivity index (χ1n) is 5.57. The molecule has 0 aliphatic heterocycles. The van der Waals surface area contributed by atoms with Gasteiger partial charge in [0.25, 0.3) is 0 Å². The molecule has 1 amide bonds. The van der Waals surface area contributed by atoms with E-state index < -0.39 is 6.09 Å². The van der Waals surface area contributed by atoms with Crippen LogP contribution < -0.4 is 10.1 Å². The number of carbonyl (C=O) groups excluding carboxylic acids is 1. The van der Waals surface area contributed by atoms with Crippen LogP contribution in [0.15, 0.2) is 12.1 Å². The van der Waals surface area contributed by atoms with Crippen molar-refractivity contribution in [3.63, 3.8) is 0 Å². The molecule has 0 atom stereocenters. The van der Waals surface area contributed by atoms with Crippen LogP contribution in [-0.4, -0.2) is 26.4 Å². The van der Waals surface area contributed by atoms with E-state index in [4.69, 9.17) is 4.74 Å². The van der Waals surface area contributed by atoms with Crippen molar-refractivity contribution in [2.75, 3.05) is 20.3 Å². The number of hydrogen-bond donors (Lipinski definition) is 1. The first kappa shape index (κ1) is 13.4. The standard InChI is InChI=1S/C13H19NO3/c1-9-5-6-10(2)12(11(9)3)17-8-7-14-13(15)16-4/h5-6H,7-8H2,1-4H3,(H,14,15). The van der Waals surface area contributed by atoms with Gasteiger partial charge < -0.3 is 14.8 Å². The number of ether oxygens (including phenoxy) is 2. The molecule has 1 rings (SSSR count). The molecule has 1 aromatic rings. The summed E-state index contributed by atoms with van der Waals surface area (Å²) in [6, 6.07) is 4.11.